The summed E-state index contributed by atoms with van der Waals surface area (Å²) < 4.78 is 20.2. The number of rotatable bonds is 9. The molecule has 0 N–H and O–H groups in total. The van der Waals surface area contributed by atoms with E-state index in [2.05, 4.69) is 25.9 Å². The Bertz CT molecular complexity index is 2150. The lowest BCUT2D eigenvalue weighted by Gasteiger charge is -2.28. The molecule has 45 heavy (non-hydrogen) atoms. The van der Waals surface area contributed by atoms with Crippen LogP contribution in [0.25, 0.3) is 16.8 Å². The minimum Gasteiger partial charge on any atom is -0.496 e. The number of nitrogens with zero attached hydrogens (tertiary/aromatic N) is 4. The molecule has 0 saturated heterocycles. The van der Waals surface area contributed by atoms with Gasteiger partial charge >= 0.3 is 5.97 Å². The summed E-state index contributed by atoms with van der Waals surface area (Å²) in [6.07, 6.45) is 4.68. The average Bonchev–Trinajstić information content (AvgIpc) is 3.53. The molecule has 0 bridgehead atoms. The zero-order valence-corrected chi connectivity index (χ0v) is 28.2. The zero-order valence-electron chi connectivity index (χ0n) is 25.0. The highest BCUT2D eigenvalue weighted by molar-refractivity contribution is 9.10. The molecule has 1 aliphatic heterocycles. The highest BCUT2D eigenvalue weighted by atomic mass is 79.9. The largest absolute Gasteiger partial charge is 0.496 e. The molecule has 0 amide bonds. The smallest absolute Gasteiger partial charge is 0.338 e. The van der Waals surface area contributed by atoms with Gasteiger partial charge in [-0.15, -0.1) is 0 Å². The SMILES string of the molecule is CCCC1=C(C(=O)OCC)[C@H](c2c(OC)ccc3ccccc23)n2c(s/c(=C/c3cc(Br)c(Sc4nccc(C)n4)o3)c2=O)=N1. The van der Waals surface area contributed by atoms with E-state index in [9.17, 15) is 9.59 Å². The summed E-state index contributed by atoms with van der Waals surface area (Å²) >= 11 is 6.09. The molecule has 0 saturated carbocycles. The third-order valence-electron chi connectivity index (χ3n) is 7.22. The first-order chi connectivity index (χ1) is 21.8. The summed E-state index contributed by atoms with van der Waals surface area (Å²) in [4.78, 5) is 42.1. The number of methoxy groups -OCH3 is 1. The molecular weight excluding hydrogens is 676 g/mol. The normalized spacial score (nSPS) is 14.9. The van der Waals surface area contributed by atoms with E-state index in [1.54, 1.807) is 36.9 Å². The molecule has 0 unspecified atom stereocenters. The quantitative estimate of drug-likeness (QED) is 0.129. The second-order valence-electron chi connectivity index (χ2n) is 10.2. The van der Waals surface area contributed by atoms with Crippen molar-refractivity contribution in [2.45, 2.75) is 49.9 Å². The number of esters is 1. The number of fused-ring (bicyclic) bond motifs is 2. The molecule has 5 aromatic rings. The molecule has 1 aliphatic rings. The third-order valence-corrected chi connectivity index (χ3v) is 9.92. The number of ether oxygens (including phenoxy) is 2. The average molecular weight is 706 g/mol. The van der Waals surface area contributed by atoms with Crippen LogP contribution in [0.5, 0.6) is 5.75 Å². The van der Waals surface area contributed by atoms with Crippen LogP contribution < -0.4 is 19.6 Å². The molecule has 4 heterocycles. The number of thiazole rings is 1. The summed E-state index contributed by atoms with van der Waals surface area (Å²) in [5.41, 5.74) is 2.18. The Balaban J connectivity index is 1.56. The number of hydrogen-bond acceptors (Lipinski definition) is 10. The van der Waals surface area contributed by atoms with Crippen molar-refractivity contribution in [3.8, 4) is 5.75 Å². The van der Waals surface area contributed by atoms with Crippen molar-refractivity contribution in [3.05, 3.63) is 107 Å². The topological polar surface area (TPSA) is 109 Å². The minimum atomic E-state index is -0.821. The van der Waals surface area contributed by atoms with Crippen LogP contribution in [0.15, 0.2) is 94.9 Å². The number of carbonyl (C=O) groups excluding carboxylic acids is 1. The lowest BCUT2D eigenvalue weighted by molar-refractivity contribution is -0.139. The van der Waals surface area contributed by atoms with Crippen LogP contribution in [0.1, 0.15) is 49.7 Å². The van der Waals surface area contributed by atoms with Crippen LogP contribution in [0, 0.1) is 6.92 Å². The van der Waals surface area contributed by atoms with E-state index in [4.69, 9.17) is 18.9 Å². The van der Waals surface area contributed by atoms with Gasteiger partial charge in [0.2, 0.25) is 0 Å². The Kier molecular flexibility index (Phi) is 9.06. The van der Waals surface area contributed by atoms with Crippen molar-refractivity contribution >= 4 is 61.8 Å². The van der Waals surface area contributed by atoms with E-state index in [-0.39, 0.29) is 12.2 Å². The predicted octanol–water partition coefficient (Wildman–Crippen LogP) is 6.35. The van der Waals surface area contributed by atoms with Gasteiger partial charge in [-0.3, -0.25) is 9.36 Å². The number of aryl methyl sites for hydroxylation is 1. The first-order valence-corrected chi connectivity index (χ1v) is 16.8. The Morgan fingerprint density at radius 3 is 2.78 bits per heavy atom. The fourth-order valence-corrected chi connectivity index (χ4v) is 7.64. The number of benzene rings is 2. The Morgan fingerprint density at radius 2 is 2.02 bits per heavy atom. The Morgan fingerprint density at radius 1 is 1.20 bits per heavy atom. The molecule has 12 heteroatoms. The number of hydrogen-bond donors (Lipinski definition) is 0. The number of halogens is 1. The van der Waals surface area contributed by atoms with Crippen molar-refractivity contribution < 1.29 is 18.7 Å². The monoisotopic (exact) mass is 704 g/mol. The van der Waals surface area contributed by atoms with E-state index < -0.39 is 12.0 Å². The lowest BCUT2D eigenvalue weighted by Crippen LogP contribution is -2.40. The van der Waals surface area contributed by atoms with Crippen LogP contribution in [0.2, 0.25) is 0 Å². The summed E-state index contributed by atoms with van der Waals surface area (Å²) in [6, 6.07) is 14.5. The Labute approximate surface area is 275 Å². The molecule has 0 spiro atoms. The summed E-state index contributed by atoms with van der Waals surface area (Å²) in [7, 11) is 1.59. The van der Waals surface area contributed by atoms with E-state index in [1.807, 2.05) is 56.3 Å². The molecule has 3 aromatic heterocycles. The van der Waals surface area contributed by atoms with E-state index >= 15 is 0 Å². The molecule has 6 rings (SSSR count). The first kappa shape index (κ1) is 31.0. The zero-order chi connectivity index (χ0) is 31.7. The maximum absolute atomic E-state index is 14.3. The van der Waals surface area contributed by atoms with Gasteiger partial charge in [-0.1, -0.05) is 55.0 Å². The molecular formula is C33H29BrN4O5S2. The summed E-state index contributed by atoms with van der Waals surface area (Å²) in [5.74, 6) is 0.525. The molecule has 0 fully saturated rings. The number of furan rings is 1. The summed E-state index contributed by atoms with van der Waals surface area (Å²) in [6.45, 7) is 5.88. The van der Waals surface area contributed by atoms with Gasteiger partial charge in [0.15, 0.2) is 15.1 Å². The molecule has 230 valence electrons. The number of allylic oxidation sites excluding steroid dienone is 1. The number of aromatic nitrogens is 3. The van der Waals surface area contributed by atoms with Crippen molar-refractivity contribution in [1.82, 2.24) is 14.5 Å². The fourth-order valence-electron chi connectivity index (χ4n) is 5.33. The van der Waals surface area contributed by atoms with Crippen LogP contribution in [-0.2, 0) is 9.53 Å². The van der Waals surface area contributed by atoms with Crippen LogP contribution in [-0.4, -0.2) is 34.2 Å². The van der Waals surface area contributed by atoms with Gasteiger partial charge in [0, 0.05) is 23.5 Å². The maximum Gasteiger partial charge on any atom is 0.338 e. The Hall–Kier alpha value is -4.00. The second kappa shape index (κ2) is 13.2. The van der Waals surface area contributed by atoms with Gasteiger partial charge in [-0.05, 0) is 76.9 Å². The van der Waals surface area contributed by atoms with Gasteiger partial charge in [0.1, 0.15) is 17.6 Å². The second-order valence-corrected chi connectivity index (χ2v) is 13.0. The van der Waals surface area contributed by atoms with E-state index in [0.29, 0.717) is 58.8 Å². The standard InChI is InChI=1S/C33H29BrN4O5S2/c1-5-9-23-27(30(40)42-6-2)28(26-21-11-8-7-10-19(21)12-13-24(26)41-4)38-29(39)25(44-33(38)37-23)17-20-16-22(34)31(43-20)45-32-35-15-14-18(3)36-32/h7-8,10-17,28H,5-6,9H2,1-4H3/b25-17+/t28-/m0/s1. The van der Waals surface area contributed by atoms with Gasteiger partial charge in [0.05, 0.1) is 34.0 Å². The molecule has 9 nitrogen and oxygen atoms in total. The van der Waals surface area contributed by atoms with Gasteiger partial charge in [0.25, 0.3) is 5.56 Å². The maximum atomic E-state index is 14.3. The molecule has 0 radical (unpaired) electrons. The molecule has 1 atom stereocenters. The molecule has 2 aromatic carbocycles. The van der Waals surface area contributed by atoms with Crippen LogP contribution >= 0.6 is 39.0 Å². The fraction of sp³-hybridized carbons (Fsp3) is 0.242. The van der Waals surface area contributed by atoms with Gasteiger partial charge < -0.3 is 13.9 Å². The number of carbonyl (C=O) groups is 1. The van der Waals surface area contributed by atoms with Crippen molar-refractivity contribution in [3.63, 3.8) is 0 Å². The van der Waals surface area contributed by atoms with Crippen molar-refractivity contribution in [2.24, 2.45) is 4.99 Å². The summed E-state index contributed by atoms with van der Waals surface area (Å²) in [5, 5.41) is 2.93. The van der Waals surface area contributed by atoms with Crippen molar-refractivity contribution in [2.75, 3.05) is 13.7 Å². The van der Waals surface area contributed by atoms with Crippen LogP contribution in [0.3, 0.4) is 0 Å². The highest BCUT2D eigenvalue weighted by Crippen LogP contribution is 2.41. The van der Waals surface area contributed by atoms with E-state index in [0.717, 1.165) is 22.9 Å². The lowest BCUT2D eigenvalue weighted by atomic mass is 9.90. The van der Waals surface area contributed by atoms with Crippen LogP contribution in [0.4, 0.5) is 0 Å². The van der Waals surface area contributed by atoms with Gasteiger partial charge in [-0.25, -0.2) is 19.8 Å². The van der Waals surface area contributed by atoms with Crippen molar-refractivity contribution in [1.29, 1.82) is 0 Å². The first-order valence-electron chi connectivity index (χ1n) is 14.4. The van der Waals surface area contributed by atoms with Gasteiger partial charge in [-0.2, -0.15) is 0 Å². The highest BCUT2D eigenvalue weighted by Gasteiger charge is 2.37. The van der Waals surface area contributed by atoms with E-state index in [1.165, 1.54) is 23.1 Å². The minimum absolute atomic E-state index is 0.187. The predicted molar refractivity (Wildman–Crippen MR) is 177 cm³/mol. The molecule has 0 aliphatic carbocycles. The third kappa shape index (κ3) is 6.01.